The Hall–Kier alpha value is -2.88. The molecule has 0 saturated heterocycles. The predicted molar refractivity (Wildman–Crippen MR) is 99.6 cm³/mol. The first-order valence-corrected chi connectivity index (χ1v) is 8.51. The number of fused-ring (bicyclic) bond motifs is 2. The number of hydrogen-bond acceptors (Lipinski definition) is 4. The van der Waals surface area contributed by atoms with Gasteiger partial charge in [0.05, 0.1) is 6.10 Å². The maximum absolute atomic E-state index is 6.03. The molecule has 0 atom stereocenters. The Morgan fingerprint density at radius 1 is 1.00 bits per heavy atom. The molecule has 1 heterocycles. The molecule has 0 amide bonds. The van der Waals surface area contributed by atoms with Crippen LogP contribution in [-0.4, -0.2) is 12.9 Å². The monoisotopic (exact) mass is 335 g/mol. The van der Waals surface area contributed by atoms with Gasteiger partial charge in [0.25, 0.3) is 0 Å². The summed E-state index contributed by atoms with van der Waals surface area (Å²) in [7, 11) is 0. The van der Waals surface area contributed by atoms with Crippen molar-refractivity contribution in [3.05, 3.63) is 60.2 Å². The highest BCUT2D eigenvalue weighted by Crippen LogP contribution is 2.35. The van der Waals surface area contributed by atoms with E-state index in [9.17, 15) is 0 Å². The summed E-state index contributed by atoms with van der Waals surface area (Å²) in [5.41, 5.74) is 2.15. The maximum atomic E-state index is 6.03. The molecule has 0 aromatic heterocycles. The summed E-state index contributed by atoms with van der Waals surface area (Å²) in [6.45, 7) is 5.05. The molecule has 0 aliphatic carbocycles. The minimum absolute atomic E-state index is 0.130. The minimum atomic E-state index is 0.130. The molecular weight excluding hydrogens is 314 g/mol. The molecule has 1 aliphatic heterocycles. The average Bonchev–Trinajstić information content (AvgIpc) is 3.08. The lowest BCUT2D eigenvalue weighted by atomic mass is 10.0. The smallest absolute Gasteiger partial charge is 0.231 e. The molecule has 1 N–H and O–H groups in total. The van der Waals surface area contributed by atoms with E-state index < -0.39 is 0 Å². The van der Waals surface area contributed by atoms with Crippen LogP contribution in [0.15, 0.2) is 54.6 Å². The van der Waals surface area contributed by atoms with E-state index in [4.69, 9.17) is 14.2 Å². The zero-order valence-corrected chi connectivity index (χ0v) is 14.4. The summed E-state index contributed by atoms with van der Waals surface area (Å²) in [6.07, 6.45) is 0.130. The van der Waals surface area contributed by atoms with Crippen molar-refractivity contribution in [1.29, 1.82) is 0 Å². The van der Waals surface area contributed by atoms with Gasteiger partial charge in [-0.3, -0.25) is 0 Å². The molecular formula is C21H21NO3. The van der Waals surface area contributed by atoms with Crippen LogP contribution in [0.2, 0.25) is 0 Å². The highest BCUT2D eigenvalue weighted by molar-refractivity contribution is 5.88. The van der Waals surface area contributed by atoms with E-state index in [0.717, 1.165) is 28.5 Å². The first kappa shape index (κ1) is 15.6. The van der Waals surface area contributed by atoms with Crippen molar-refractivity contribution in [3.63, 3.8) is 0 Å². The van der Waals surface area contributed by atoms with Crippen molar-refractivity contribution in [3.8, 4) is 17.2 Å². The van der Waals surface area contributed by atoms with Crippen LogP contribution in [0, 0.1) is 0 Å². The van der Waals surface area contributed by atoms with Crippen LogP contribution < -0.4 is 19.5 Å². The molecule has 4 nitrogen and oxygen atoms in total. The molecule has 25 heavy (non-hydrogen) atoms. The molecule has 3 aromatic rings. The van der Waals surface area contributed by atoms with E-state index in [0.29, 0.717) is 6.54 Å². The zero-order valence-electron chi connectivity index (χ0n) is 14.4. The van der Waals surface area contributed by atoms with Crippen LogP contribution in [0.3, 0.4) is 0 Å². The molecule has 0 fully saturated rings. The Morgan fingerprint density at radius 2 is 1.84 bits per heavy atom. The van der Waals surface area contributed by atoms with Crippen LogP contribution >= 0.6 is 0 Å². The molecule has 1 aliphatic rings. The van der Waals surface area contributed by atoms with Gasteiger partial charge in [0, 0.05) is 23.9 Å². The van der Waals surface area contributed by atoms with Crippen molar-refractivity contribution >= 4 is 16.5 Å². The normalized spacial score (nSPS) is 12.6. The van der Waals surface area contributed by atoms with Gasteiger partial charge in [0.1, 0.15) is 5.75 Å². The summed E-state index contributed by atoms with van der Waals surface area (Å²) in [4.78, 5) is 0. The van der Waals surface area contributed by atoms with Gasteiger partial charge in [0.15, 0.2) is 11.5 Å². The molecule has 4 rings (SSSR count). The van der Waals surface area contributed by atoms with Gasteiger partial charge in [-0.05, 0) is 42.8 Å². The van der Waals surface area contributed by atoms with Gasteiger partial charge in [-0.1, -0.05) is 30.3 Å². The number of rotatable bonds is 5. The fourth-order valence-corrected chi connectivity index (χ4v) is 3.06. The van der Waals surface area contributed by atoms with Crippen LogP contribution in [0.1, 0.15) is 19.4 Å². The molecule has 0 radical (unpaired) electrons. The third-order valence-corrected chi connectivity index (χ3v) is 4.20. The lowest BCUT2D eigenvalue weighted by Crippen LogP contribution is -2.09. The molecule has 3 aromatic carbocycles. The lowest BCUT2D eigenvalue weighted by Gasteiger charge is -2.17. The molecule has 0 spiro atoms. The third-order valence-electron chi connectivity index (χ3n) is 4.20. The van der Waals surface area contributed by atoms with Crippen molar-refractivity contribution in [2.45, 2.75) is 26.5 Å². The molecule has 128 valence electrons. The summed E-state index contributed by atoms with van der Waals surface area (Å²) in [5.74, 6) is 2.49. The Labute approximate surface area is 147 Å². The van der Waals surface area contributed by atoms with Gasteiger partial charge in [0.2, 0.25) is 6.79 Å². The highest BCUT2D eigenvalue weighted by Gasteiger charge is 2.14. The second kappa shape index (κ2) is 6.55. The van der Waals surface area contributed by atoms with Crippen molar-refractivity contribution in [2.75, 3.05) is 12.1 Å². The van der Waals surface area contributed by atoms with Gasteiger partial charge >= 0.3 is 0 Å². The van der Waals surface area contributed by atoms with E-state index in [1.165, 1.54) is 10.8 Å². The van der Waals surface area contributed by atoms with E-state index in [2.05, 4.69) is 41.7 Å². The SMILES string of the molecule is CC(C)Oc1ccc2ccccc2c1CNc1ccc2c(c1)OCO2. The highest BCUT2D eigenvalue weighted by atomic mass is 16.7. The molecule has 0 saturated carbocycles. The van der Waals surface area contributed by atoms with Crippen molar-refractivity contribution < 1.29 is 14.2 Å². The van der Waals surface area contributed by atoms with Crippen LogP contribution in [0.25, 0.3) is 10.8 Å². The summed E-state index contributed by atoms with van der Waals surface area (Å²) < 4.78 is 16.8. The number of hydrogen-bond donors (Lipinski definition) is 1. The summed E-state index contributed by atoms with van der Waals surface area (Å²) in [5, 5.41) is 5.89. The Balaban J connectivity index is 1.65. The van der Waals surface area contributed by atoms with Crippen LogP contribution in [-0.2, 0) is 6.54 Å². The first-order chi connectivity index (χ1) is 12.2. The fourth-order valence-electron chi connectivity index (χ4n) is 3.06. The van der Waals surface area contributed by atoms with E-state index in [-0.39, 0.29) is 12.9 Å². The third kappa shape index (κ3) is 3.20. The second-order valence-electron chi connectivity index (χ2n) is 6.35. The molecule has 0 bridgehead atoms. The predicted octanol–water partition coefficient (Wildman–Crippen LogP) is 4.97. The second-order valence-corrected chi connectivity index (χ2v) is 6.35. The van der Waals surface area contributed by atoms with Crippen LogP contribution in [0.4, 0.5) is 5.69 Å². The van der Waals surface area contributed by atoms with Gasteiger partial charge in [-0.2, -0.15) is 0 Å². The van der Waals surface area contributed by atoms with Gasteiger partial charge in [-0.25, -0.2) is 0 Å². The van der Waals surface area contributed by atoms with Gasteiger partial charge in [-0.15, -0.1) is 0 Å². The van der Waals surface area contributed by atoms with E-state index in [1.54, 1.807) is 0 Å². The number of benzene rings is 3. The Kier molecular flexibility index (Phi) is 4.10. The van der Waals surface area contributed by atoms with Gasteiger partial charge < -0.3 is 19.5 Å². The quantitative estimate of drug-likeness (QED) is 0.715. The molecule has 4 heteroatoms. The average molecular weight is 335 g/mol. The summed E-state index contributed by atoms with van der Waals surface area (Å²) in [6, 6.07) is 18.4. The van der Waals surface area contributed by atoms with E-state index in [1.807, 2.05) is 32.0 Å². The fraction of sp³-hybridized carbons (Fsp3) is 0.238. The lowest BCUT2D eigenvalue weighted by molar-refractivity contribution is 0.174. The standard InChI is InChI=1S/C21H21NO3/c1-14(2)25-19-9-7-15-5-3-4-6-17(15)18(19)12-22-16-8-10-20-21(11-16)24-13-23-20/h3-11,14,22H,12-13H2,1-2H3. The van der Waals surface area contributed by atoms with Crippen molar-refractivity contribution in [1.82, 2.24) is 0 Å². The number of nitrogens with one attached hydrogen (secondary N) is 1. The Bertz CT molecular complexity index is 905. The Morgan fingerprint density at radius 3 is 2.72 bits per heavy atom. The molecule has 0 unspecified atom stereocenters. The van der Waals surface area contributed by atoms with Crippen molar-refractivity contribution in [2.24, 2.45) is 0 Å². The van der Waals surface area contributed by atoms with E-state index >= 15 is 0 Å². The topological polar surface area (TPSA) is 39.7 Å². The summed E-state index contributed by atoms with van der Waals surface area (Å²) >= 11 is 0. The largest absolute Gasteiger partial charge is 0.491 e. The number of ether oxygens (including phenoxy) is 3. The minimum Gasteiger partial charge on any atom is -0.491 e. The van der Waals surface area contributed by atoms with Crippen LogP contribution in [0.5, 0.6) is 17.2 Å². The maximum Gasteiger partial charge on any atom is 0.231 e. The zero-order chi connectivity index (χ0) is 17.2. The number of anilines is 1. The first-order valence-electron chi connectivity index (χ1n) is 8.51.